The van der Waals surface area contributed by atoms with Crippen molar-refractivity contribution in [1.29, 1.82) is 0 Å². The fraction of sp³-hybridized carbons (Fsp3) is 0.182. The second-order valence-electron chi connectivity index (χ2n) is 3.26. The third-order valence-corrected chi connectivity index (χ3v) is 5.30. The molecule has 0 N–H and O–H groups in total. The van der Waals surface area contributed by atoms with Gasteiger partial charge in [0.1, 0.15) is 0 Å². The molecule has 94 valence electrons. The first-order valence-electron chi connectivity index (χ1n) is 4.98. The van der Waals surface area contributed by atoms with Gasteiger partial charge in [-0.15, -0.1) is 10.2 Å². The first-order valence-corrected chi connectivity index (χ1v) is 8.38. The van der Waals surface area contributed by atoms with E-state index in [1.165, 1.54) is 23.1 Å². The number of hydrogen-bond donors (Lipinski definition) is 0. The molecule has 0 fully saturated rings. The molecule has 0 atom stereocenters. The molecule has 0 unspecified atom stereocenters. The minimum Gasteiger partial charge on any atom is -0.293 e. The van der Waals surface area contributed by atoms with Gasteiger partial charge >= 0.3 is 0 Å². The van der Waals surface area contributed by atoms with Crippen molar-refractivity contribution in [3.63, 3.8) is 0 Å². The summed E-state index contributed by atoms with van der Waals surface area (Å²) >= 11 is 10.3. The molecule has 1 heterocycles. The molecule has 0 aliphatic rings. The molecule has 0 amide bonds. The monoisotopic (exact) mass is 316 g/mol. The number of carbonyl (C=O) groups is 1. The van der Waals surface area contributed by atoms with Crippen molar-refractivity contribution in [2.24, 2.45) is 0 Å². The highest BCUT2D eigenvalue weighted by atomic mass is 35.5. The van der Waals surface area contributed by atoms with E-state index < -0.39 is 0 Å². The highest BCUT2D eigenvalue weighted by Crippen LogP contribution is 2.27. The van der Waals surface area contributed by atoms with Gasteiger partial charge in [-0.3, -0.25) is 4.79 Å². The van der Waals surface area contributed by atoms with Crippen LogP contribution in [0, 0.1) is 0 Å². The molecule has 0 spiro atoms. The van der Waals surface area contributed by atoms with Crippen molar-refractivity contribution < 1.29 is 4.79 Å². The Morgan fingerprint density at radius 1 is 1.39 bits per heavy atom. The van der Waals surface area contributed by atoms with Crippen molar-refractivity contribution in [2.75, 3.05) is 12.0 Å². The predicted molar refractivity (Wildman–Crippen MR) is 78.2 cm³/mol. The summed E-state index contributed by atoms with van der Waals surface area (Å²) in [6, 6.07) is 6.97. The SMILES string of the molecule is CSc1nnc(SCC(=O)c2cccc(Cl)c2)s1. The number of Topliss-reactive ketones (excluding diaryl/α,β-unsaturated/α-hetero) is 1. The van der Waals surface area contributed by atoms with Crippen LogP contribution >= 0.6 is 46.5 Å². The second kappa shape index (κ2) is 6.56. The molecule has 0 aliphatic carbocycles. The van der Waals surface area contributed by atoms with Gasteiger partial charge in [-0.1, -0.05) is 58.6 Å². The Kier molecular flexibility index (Phi) is 5.05. The van der Waals surface area contributed by atoms with Crippen LogP contribution < -0.4 is 0 Å². The molecule has 0 bridgehead atoms. The normalized spacial score (nSPS) is 10.6. The second-order valence-corrected chi connectivity index (χ2v) is 6.95. The Morgan fingerprint density at radius 3 is 2.83 bits per heavy atom. The van der Waals surface area contributed by atoms with Crippen molar-refractivity contribution in [3.05, 3.63) is 34.9 Å². The summed E-state index contributed by atoms with van der Waals surface area (Å²) in [6.45, 7) is 0. The highest BCUT2D eigenvalue weighted by Gasteiger charge is 2.10. The van der Waals surface area contributed by atoms with Gasteiger partial charge < -0.3 is 0 Å². The van der Waals surface area contributed by atoms with Gasteiger partial charge in [0.15, 0.2) is 14.5 Å². The van der Waals surface area contributed by atoms with E-state index in [1.807, 2.05) is 6.26 Å². The summed E-state index contributed by atoms with van der Waals surface area (Å²) in [5.74, 6) is 0.395. The van der Waals surface area contributed by atoms with Crippen molar-refractivity contribution in [3.8, 4) is 0 Å². The number of hydrogen-bond acceptors (Lipinski definition) is 6. The number of carbonyl (C=O) groups excluding carboxylic acids is 1. The maximum atomic E-state index is 11.9. The van der Waals surface area contributed by atoms with Crippen LogP contribution in [0.2, 0.25) is 5.02 Å². The quantitative estimate of drug-likeness (QED) is 0.618. The van der Waals surface area contributed by atoms with Crippen LogP contribution in [0.3, 0.4) is 0 Å². The molecule has 2 rings (SSSR count). The van der Waals surface area contributed by atoms with E-state index in [1.54, 1.807) is 36.0 Å². The molecule has 0 saturated heterocycles. The maximum absolute atomic E-state index is 11.9. The highest BCUT2D eigenvalue weighted by molar-refractivity contribution is 8.03. The number of benzene rings is 1. The van der Waals surface area contributed by atoms with Crippen LogP contribution in [0.4, 0.5) is 0 Å². The lowest BCUT2D eigenvalue weighted by molar-refractivity contribution is 0.102. The lowest BCUT2D eigenvalue weighted by Gasteiger charge is -1.99. The van der Waals surface area contributed by atoms with E-state index in [2.05, 4.69) is 10.2 Å². The van der Waals surface area contributed by atoms with Gasteiger partial charge in [0, 0.05) is 10.6 Å². The molecule has 3 nitrogen and oxygen atoms in total. The third kappa shape index (κ3) is 3.71. The molecular formula is C11H9ClN2OS3. The van der Waals surface area contributed by atoms with Gasteiger partial charge in [0.2, 0.25) is 0 Å². The van der Waals surface area contributed by atoms with Crippen LogP contribution in [0.15, 0.2) is 32.9 Å². The zero-order valence-corrected chi connectivity index (χ0v) is 12.6. The molecule has 0 radical (unpaired) electrons. The molecular weight excluding hydrogens is 308 g/mol. The molecule has 1 aromatic carbocycles. The molecule has 2 aromatic rings. The number of ketones is 1. The van der Waals surface area contributed by atoms with E-state index in [4.69, 9.17) is 11.6 Å². The minimum atomic E-state index is 0.0448. The molecule has 0 aliphatic heterocycles. The van der Waals surface area contributed by atoms with E-state index in [9.17, 15) is 4.79 Å². The average molecular weight is 317 g/mol. The van der Waals surface area contributed by atoms with Crippen LogP contribution in [0.25, 0.3) is 0 Å². The number of thioether (sulfide) groups is 2. The number of nitrogens with zero attached hydrogens (tertiary/aromatic N) is 2. The van der Waals surface area contributed by atoms with E-state index >= 15 is 0 Å². The Labute approximate surface area is 122 Å². The number of aromatic nitrogens is 2. The van der Waals surface area contributed by atoms with Crippen molar-refractivity contribution in [1.82, 2.24) is 10.2 Å². The summed E-state index contributed by atoms with van der Waals surface area (Å²) in [5, 5.41) is 8.56. The molecule has 18 heavy (non-hydrogen) atoms. The Hall–Kier alpha value is -0.560. The first kappa shape index (κ1) is 13.9. The zero-order chi connectivity index (χ0) is 13.0. The Morgan fingerprint density at radius 2 is 2.17 bits per heavy atom. The number of rotatable bonds is 5. The third-order valence-electron chi connectivity index (χ3n) is 2.04. The first-order chi connectivity index (χ1) is 8.69. The van der Waals surface area contributed by atoms with Gasteiger partial charge in [0.05, 0.1) is 5.75 Å². The number of halogens is 1. The molecule has 1 aromatic heterocycles. The molecule has 0 saturated carbocycles. The van der Waals surface area contributed by atoms with Gasteiger partial charge in [0.25, 0.3) is 0 Å². The Bertz CT molecular complexity index is 559. The van der Waals surface area contributed by atoms with Crippen molar-refractivity contribution in [2.45, 2.75) is 8.68 Å². The smallest absolute Gasteiger partial charge is 0.175 e. The summed E-state index contributed by atoms with van der Waals surface area (Å²) in [5.41, 5.74) is 0.629. The van der Waals surface area contributed by atoms with E-state index in [0.29, 0.717) is 16.3 Å². The maximum Gasteiger partial charge on any atom is 0.175 e. The van der Waals surface area contributed by atoms with Crippen molar-refractivity contribution >= 4 is 52.2 Å². The lowest BCUT2D eigenvalue weighted by Crippen LogP contribution is -2.01. The minimum absolute atomic E-state index is 0.0448. The van der Waals surface area contributed by atoms with E-state index in [0.717, 1.165) is 8.68 Å². The zero-order valence-electron chi connectivity index (χ0n) is 9.42. The van der Waals surface area contributed by atoms with Gasteiger partial charge in [-0.05, 0) is 18.4 Å². The summed E-state index contributed by atoms with van der Waals surface area (Å²) in [6.07, 6.45) is 1.95. The van der Waals surface area contributed by atoms with Gasteiger partial charge in [-0.2, -0.15) is 0 Å². The Balaban J connectivity index is 1.96. The largest absolute Gasteiger partial charge is 0.293 e. The summed E-state index contributed by atoms with van der Waals surface area (Å²) in [7, 11) is 0. The molecule has 7 heteroatoms. The fourth-order valence-corrected chi connectivity index (χ4v) is 3.73. The fourth-order valence-electron chi connectivity index (χ4n) is 1.21. The average Bonchev–Trinajstić information content (AvgIpc) is 2.84. The summed E-state index contributed by atoms with van der Waals surface area (Å²) in [4.78, 5) is 11.9. The lowest BCUT2D eigenvalue weighted by atomic mass is 10.1. The van der Waals surface area contributed by atoms with Crippen LogP contribution in [-0.4, -0.2) is 28.0 Å². The van der Waals surface area contributed by atoms with E-state index in [-0.39, 0.29) is 5.78 Å². The van der Waals surface area contributed by atoms with Crippen LogP contribution in [-0.2, 0) is 0 Å². The van der Waals surface area contributed by atoms with Gasteiger partial charge in [-0.25, -0.2) is 0 Å². The van der Waals surface area contributed by atoms with Crippen LogP contribution in [0.5, 0.6) is 0 Å². The summed E-state index contributed by atoms with van der Waals surface area (Å²) < 4.78 is 1.72. The topological polar surface area (TPSA) is 42.9 Å². The predicted octanol–water partition coefficient (Wildman–Crippen LogP) is 3.89. The standard InChI is InChI=1S/C11H9ClN2OS3/c1-16-10-13-14-11(18-10)17-6-9(15)7-3-2-4-8(12)5-7/h2-5H,6H2,1H3. The van der Waals surface area contributed by atoms with Crippen LogP contribution in [0.1, 0.15) is 10.4 Å².